The third-order valence-electron chi connectivity index (χ3n) is 16.0. The van der Waals surface area contributed by atoms with Crippen LogP contribution in [0.4, 0.5) is 0 Å². The first-order chi connectivity index (χ1) is 40.0. The second kappa shape index (κ2) is 69.6. The zero-order valence-corrected chi connectivity index (χ0v) is 54.3. The minimum absolute atomic E-state index is 0.0906. The molecule has 0 aliphatic rings. The predicted molar refractivity (Wildman–Crippen MR) is 353 cm³/mol. The van der Waals surface area contributed by atoms with Crippen LogP contribution < -0.4 is 0 Å². The van der Waals surface area contributed by atoms with E-state index >= 15 is 0 Å². The van der Waals surface area contributed by atoms with Crippen LogP contribution in [-0.4, -0.2) is 37.2 Å². The van der Waals surface area contributed by atoms with Crippen molar-refractivity contribution < 1.29 is 28.6 Å². The molecule has 0 saturated heterocycles. The van der Waals surface area contributed by atoms with Crippen LogP contribution in [0.3, 0.4) is 0 Å². The van der Waals surface area contributed by atoms with E-state index in [-0.39, 0.29) is 37.5 Å². The molecule has 0 aliphatic heterocycles. The average Bonchev–Trinajstić information content (AvgIpc) is 3.46. The number of unbranched alkanes of at least 4 members (excludes halogenated alkanes) is 45. The predicted octanol–water partition coefficient (Wildman–Crippen LogP) is 24.7. The van der Waals surface area contributed by atoms with Gasteiger partial charge >= 0.3 is 17.9 Å². The minimum atomic E-state index is -0.799. The molecular formula is C75H136O6. The summed E-state index contributed by atoms with van der Waals surface area (Å²) in [5.74, 6) is -0.924. The van der Waals surface area contributed by atoms with Gasteiger partial charge in [-0.25, -0.2) is 0 Å². The third-order valence-corrected chi connectivity index (χ3v) is 16.0. The van der Waals surface area contributed by atoms with Crippen molar-refractivity contribution in [2.24, 2.45) is 0 Å². The number of hydrogen-bond acceptors (Lipinski definition) is 6. The van der Waals surface area contributed by atoms with Crippen molar-refractivity contribution in [3.8, 4) is 0 Å². The summed E-state index contributed by atoms with van der Waals surface area (Å²) in [6.07, 6.45) is 90.1. The Morgan fingerprint density at radius 1 is 0.259 bits per heavy atom. The Morgan fingerprint density at radius 3 is 0.802 bits per heavy atom. The Morgan fingerprint density at radius 2 is 0.481 bits per heavy atom. The van der Waals surface area contributed by atoms with Gasteiger partial charge in [0.05, 0.1) is 0 Å². The first kappa shape index (κ1) is 78.1. The van der Waals surface area contributed by atoms with E-state index in [2.05, 4.69) is 81.5 Å². The second-order valence-electron chi connectivity index (χ2n) is 24.1. The molecule has 0 amide bonds. The monoisotopic (exact) mass is 1130 g/mol. The van der Waals surface area contributed by atoms with Crippen molar-refractivity contribution in [2.45, 2.75) is 386 Å². The van der Waals surface area contributed by atoms with Crippen LogP contribution in [-0.2, 0) is 28.6 Å². The number of ether oxygens (including phenoxy) is 3. The molecule has 0 rings (SSSR count). The first-order valence-corrected chi connectivity index (χ1v) is 35.8. The van der Waals surface area contributed by atoms with E-state index in [1.165, 1.54) is 250 Å². The van der Waals surface area contributed by atoms with Crippen LogP contribution in [0.1, 0.15) is 380 Å². The molecule has 0 aromatic rings. The van der Waals surface area contributed by atoms with Crippen LogP contribution in [0.5, 0.6) is 0 Å². The smallest absolute Gasteiger partial charge is 0.306 e. The lowest BCUT2D eigenvalue weighted by atomic mass is 10.0. The summed E-state index contributed by atoms with van der Waals surface area (Å²) in [4.78, 5) is 38.3. The van der Waals surface area contributed by atoms with Gasteiger partial charge in [-0.15, -0.1) is 0 Å². The summed E-state index contributed by atoms with van der Waals surface area (Å²) in [5.41, 5.74) is 0. The molecule has 0 aliphatic carbocycles. The molecule has 0 aromatic heterocycles. The van der Waals surface area contributed by atoms with Gasteiger partial charge in [0.1, 0.15) is 13.2 Å². The van der Waals surface area contributed by atoms with E-state index in [4.69, 9.17) is 14.2 Å². The lowest BCUT2D eigenvalue weighted by Gasteiger charge is -2.18. The van der Waals surface area contributed by atoms with E-state index in [0.717, 1.165) is 83.5 Å². The van der Waals surface area contributed by atoms with Crippen LogP contribution in [0, 0.1) is 0 Å². The zero-order valence-electron chi connectivity index (χ0n) is 54.3. The van der Waals surface area contributed by atoms with Crippen molar-refractivity contribution in [3.63, 3.8) is 0 Å². The lowest BCUT2D eigenvalue weighted by Crippen LogP contribution is -2.30. The molecular weight excluding hydrogens is 997 g/mol. The molecule has 0 radical (unpaired) electrons. The van der Waals surface area contributed by atoms with Gasteiger partial charge in [-0.1, -0.05) is 338 Å². The van der Waals surface area contributed by atoms with Crippen molar-refractivity contribution in [1.29, 1.82) is 0 Å². The number of hydrogen-bond donors (Lipinski definition) is 0. The highest BCUT2D eigenvalue weighted by Crippen LogP contribution is 2.19. The summed E-state index contributed by atoms with van der Waals surface area (Å²) in [6.45, 7) is 6.52. The summed E-state index contributed by atoms with van der Waals surface area (Å²) in [7, 11) is 0. The van der Waals surface area contributed by atoms with E-state index in [1.807, 2.05) is 0 Å². The standard InChI is InChI=1S/C75H136O6/c1-4-7-10-13-16-19-22-25-27-28-29-30-31-32-33-34-35-36-37-38-39-40-41-42-43-44-45-46-48-50-53-56-59-62-65-68-74(77)80-71-72(70-79-73(76)67-64-61-58-55-52-49-24-21-18-15-12-9-6-3)81-75(78)69-66-63-60-57-54-51-47-26-23-20-17-14-11-8-5-2/h8,11,17,20-21,24,26,47,54,57,72H,4-7,9-10,12-16,18-19,22-23,25,27-46,48-53,55-56,58-71H2,1-3H3/b11-8-,20-17-,24-21-,47-26-,57-54-. The molecule has 6 nitrogen and oxygen atoms in total. The van der Waals surface area contributed by atoms with Gasteiger partial charge in [0, 0.05) is 19.3 Å². The van der Waals surface area contributed by atoms with Gasteiger partial charge in [-0.2, -0.15) is 0 Å². The normalized spacial score (nSPS) is 12.4. The fraction of sp³-hybridized carbons (Fsp3) is 0.827. The van der Waals surface area contributed by atoms with Gasteiger partial charge in [0.15, 0.2) is 6.10 Å². The molecule has 81 heavy (non-hydrogen) atoms. The average molecular weight is 1130 g/mol. The highest BCUT2D eigenvalue weighted by atomic mass is 16.6. The number of rotatable bonds is 66. The summed E-state index contributed by atoms with van der Waals surface area (Å²) in [6, 6.07) is 0. The van der Waals surface area contributed by atoms with Crippen molar-refractivity contribution in [3.05, 3.63) is 60.8 Å². The maximum absolute atomic E-state index is 12.9. The van der Waals surface area contributed by atoms with Gasteiger partial charge in [-0.3, -0.25) is 14.4 Å². The SMILES string of the molecule is CC/C=C\C/C=C\C/C=C\C/C=C\CCCCC(=O)OC(COC(=O)CCCCCCC/C=C\CCCCCC)COC(=O)CCCCCCCCCCCCCCCCCCCCCCCCCCCCCCCCCCCCC. The largest absolute Gasteiger partial charge is 0.462 e. The molecule has 6 heteroatoms. The Kier molecular flexibility index (Phi) is 67.1. The summed E-state index contributed by atoms with van der Waals surface area (Å²) in [5, 5.41) is 0. The number of carbonyl (C=O) groups is 3. The Hall–Kier alpha value is -2.89. The molecule has 0 heterocycles. The number of esters is 3. The molecule has 0 fully saturated rings. The lowest BCUT2D eigenvalue weighted by molar-refractivity contribution is -0.167. The van der Waals surface area contributed by atoms with Gasteiger partial charge in [0.2, 0.25) is 0 Å². The Bertz CT molecular complexity index is 1440. The molecule has 0 saturated carbocycles. The van der Waals surface area contributed by atoms with Crippen LogP contribution in [0.25, 0.3) is 0 Å². The minimum Gasteiger partial charge on any atom is -0.462 e. The first-order valence-electron chi connectivity index (χ1n) is 35.8. The number of allylic oxidation sites excluding steroid dienone is 10. The molecule has 1 atom stereocenters. The fourth-order valence-corrected chi connectivity index (χ4v) is 10.7. The topological polar surface area (TPSA) is 78.9 Å². The quantitative estimate of drug-likeness (QED) is 0.0261. The third kappa shape index (κ3) is 67.8. The Labute approximate surface area is 504 Å². The fourth-order valence-electron chi connectivity index (χ4n) is 10.7. The van der Waals surface area contributed by atoms with Crippen molar-refractivity contribution >= 4 is 17.9 Å². The van der Waals surface area contributed by atoms with Crippen molar-refractivity contribution in [2.75, 3.05) is 13.2 Å². The summed E-state index contributed by atoms with van der Waals surface area (Å²) >= 11 is 0. The highest BCUT2D eigenvalue weighted by molar-refractivity contribution is 5.71. The van der Waals surface area contributed by atoms with Crippen molar-refractivity contribution in [1.82, 2.24) is 0 Å². The van der Waals surface area contributed by atoms with Gasteiger partial charge in [-0.05, 0) is 83.5 Å². The van der Waals surface area contributed by atoms with E-state index in [1.54, 1.807) is 0 Å². The maximum Gasteiger partial charge on any atom is 0.306 e. The maximum atomic E-state index is 12.9. The molecule has 472 valence electrons. The van der Waals surface area contributed by atoms with Gasteiger partial charge < -0.3 is 14.2 Å². The van der Waals surface area contributed by atoms with Gasteiger partial charge in [0.25, 0.3) is 0 Å². The molecule has 0 spiro atoms. The molecule has 0 N–H and O–H groups in total. The van der Waals surface area contributed by atoms with Crippen LogP contribution >= 0.6 is 0 Å². The highest BCUT2D eigenvalue weighted by Gasteiger charge is 2.19. The van der Waals surface area contributed by atoms with Crippen LogP contribution in [0.2, 0.25) is 0 Å². The zero-order chi connectivity index (χ0) is 58.5. The van der Waals surface area contributed by atoms with Crippen LogP contribution in [0.15, 0.2) is 60.8 Å². The number of carbonyl (C=O) groups excluding carboxylic acids is 3. The van der Waals surface area contributed by atoms with E-state index < -0.39 is 6.10 Å². The van der Waals surface area contributed by atoms with E-state index in [0.29, 0.717) is 19.3 Å². The second-order valence-corrected chi connectivity index (χ2v) is 24.1. The molecule has 1 unspecified atom stereocenters. The Balaban J connectivity index is 4.07. The summed E-state index contributed by atoms with van der Waals surface area (Å²) < 4.78 is 16.9. The van der Waals surface area contributed by atoms with E-state index in [9.17, 15) is 14.4 Å². The molecule has 0 aromatic carbocycles. The molecule has 0 bridgehead atoms.